The van der Waals surface area contributed by atoms with Gasteiger partial charge >= 0.3 is 0 Å². The van der Waals surface area contributed by atoms with Gasteiger partial charge < -0.3 is 5.32 Å². The number of hydrogen-bond donors (Lipinski definition) is 1. The van der Waals surface area contributed by atoms with Crippen molar-refractivity contribution in [1.82, 2.24) is 9.88 Å². The van der Waals surface area contributed by atoms with Gasteiger partial charge in [-0.05, 0) is 24.6 Å². The van der Waals surface area contributed by atoms with Gasteiger partial charge in [-0.1, -0.05) is 0 Å². The summed E-state index contributed by atoms with van der Waals surface area (Å²) in [6, 6.07) is 3.64. The first-order valence-corrected chi connectivity index (χ1v) is 7.92. The Morgan fingerprint density at radius 1 is 1.42 bits per heavy atom. The Morgan fingerprint density at radius 3 is 2.74 bits per heavy atom. The normalized spacial score (nSPS) is 19.0. The lowest BCUT2D eigenvalue weighted by Crippen LogP contribution is -2.43. The van der Waals surface area contributed by atoms with Gasteiger partial charge in [-0.15, -0.1) is 0 Å². The van der Waals surface area contributed by atoms with Crippen LogP contribution in [-0.2, 0) is 14.6 Å². The predicted octanol–water partition coefficient (Wildman–Crippen LogP) is 0.0589. The van der Waals surface area contributed by atoms with Gasteiger partial charge in [0.2, 0.25) is 5.91 Å². The number of aromatic nitrogens is 1. The molecule has 1 amide bonds. The Balaban J connectivity index is 1.85. The number of rotatable bonds is 3. The van der Waals surface area contributed by atoms with Gasteiger partial charge in [0.05, 0.1) is 18.1 Å². The molecule has 1 fully saturated rings. The summed E-state index contributed by atoms with van der Waals surface area (Å²) in [6.45, 7) is 2.95. The molecule has 0 atom stereocenters. The van der Waals surface area contributed by atoms with Crippen LogP contribution in [0.3, 0.4) is 0 Å². The molecule has 0 saturated carbocycles. The van der Waals surface area contributed by atoms with Crippen molar-refractivity contribution in [3.63, 3.8) is 0 Å². The molecule has 1 aliphatic rings. The number of carbonyl (C=O) groups excluding carboxylic acids is 1. The van der Waals surface area contributed by atoms with E-state index in [9.17, 15) is 13.2 Å². The third-order valence-corrected chi connectivity index (χ3v) is 4.60. The Bertz CT molecular complexity index is 557. The van der Waals surface area contributed by atoms with E-state index in [1.807, 2.05) is 17.9 Å². The molecule has 19 heavy (non-hydrogen) atoms. The first-order chi connectivity index (χ1) is 8.94. The number of pyridine rings is 1. The summed E-state index contributed by atoms with van der Waals surface area (Å²) < 4.78 is 22.5. The average molecular weight is 283 g/mol. The molecule has 1 aromatic heterocycles. The van der Waals surface area contributed by atoms with Crippen LogP contribution < -0.4 is 5.32 Å². The van der Waals surface area contributed by atoms with E-state index in [1.165, 1.54) is 0 Å². The van der Waals surface area contributed by atoms with Gasteiger partial charge in [0.25, 0.3) is 0 Å². The van der Waals surface area contributed by atoms with E-state index in [-0.39, 0.29) is 24.0 Å². The molecule has 1 N–H and O–H groups in total. The average Bonchev–Trinajstić information content (AvgIpc) is 2.32. The molecular weight excluding hydrogens is 266 g/mol. The van der Waals surface area contributed by atoms with Crippen molar-refractivity contribution in [3.05, 3.63) is 23.9 Å². The number of nitrogens with zero attached hydrogens (tertiary/aromatic N) is 2. The van der Waals surface area contributed by atoms with E-state index in [1.54, 1.807) is 12.3 Å². The van der Waals surface area contributed by atoms with Crippen LogP contribution in [-0.4, -0.2) is 55.3 Å². The van der Waals surface area contributed by atoms with Crippen LogP contribution in [0.5, 0.6) is 0 Å². The molecule has 0 unspecified atom stereocenters. The summed E-state index contributed by atoms with van der Waals surface area (Å²) in [6.07, 6.45) is 1.64. The number of hydrogen-bond acceptors (Lipinski definition) is 5. The fourth-order valence-corrected chi connectivity index (χ4v) is 3.18. The maximum absolute atomic E-state index is 11.8. The van der Waals surface area contributed by atoms with Crippen molar-refractivity contribution in [3.8, 4) is 0 Å². The lowest BCUT2D eigenvalue weighted by atomic mass is 10.3. The molecule has 6 nitrogen and oxygen atoms in total. The summed E-state index contributed by atoms with van der Waals surface area (Å²) in [7, 11) is -2.90. The summed E-state index contributed by atoms with van der Waals surface area (Å²) in [4.78, 5) is 17.7. The number of sulfone groups is 1. The van der Waals surface area contributed by atoms with Gasteiger partial charge in [0.15, 0.2) is 9.84 Å². The fourth-order valence-electron chi connectivity index (χ4n) is 1.90. The van der Waals surface area contributed by atoms with Crippen molar-refractivity contribution in [2.75, 3.05) is 36.5 Å². The minimum Gasteiger partial charge on any atom is -0.310 e. The second kappa shape index (κ2) is 5.66. The molecule has 7 heteroatoms. The Hall–Kier alpha value is -1.47. The van der Waals surface area contributed by atoms with Crippen LogP contribution in [0.25, 0.3) is 0 Å². The first kappa shape index (κ1) is 14.0. The largest absolute Gasteiger partial charge is 0.310 e. The highest BCUT2D eigenvalue weighted by Crippen LogP contribution is 2.07. The van der Waals surface area contributed by atoms with E-state index >= 15 is 0 Å². The Labute approximate surface area is 112 Å². The number of carbonyl (C=O) groups is 1. The van der Waals surface area contributed by atoms with Gasteiger partial charge in [0, 0.05) is 19.3 Å². The number of aryl methyl sites for hydroxylation is 1. The van der Waals surface area contributed by atoms with E-state index in [0.29, 0.717) is 18.9 Å². The van der Waals surface area contributed by atoms with Crippen molar-refractivity contribution in [2.45, 2.75) is 6.92 Å². The minimum atomic E-state index is -2.90. The van der Waals surface area contributed by atoms with Crippen LogP contribution in [0, 0.1) is 6.92 Å². The second-order valence-electron chi connectivity index (χ2n) is 4.69. The van der Waals surface area contributed by atoms with Crippen LogP contribution in [0.4, 0.5) is 5.82 Å². The maximum Gasteiger partial charge on any atom is 0.239 e. The number of anilines is 1. The van der Waals surface area contributed by atoms with Crippen molar-refractivity contribution in [1.29, 1.82) is 0 Å². The number of amides is 1. The molecule has 0 aliphatic carbocycles. The molecule has 2 heterocycles. The highest BCUT2D eigenvalue weighted by atomic mass is 32.2. The van der Waals surface area contributed by atoms with Crippen molar-refractivity contribution >= 4 is 21.6 Å². The van der Waals surface area contributed by atoms with Gasteiger partial charge in [0.1, 0.15) is 5.82 Å². The molecule has 1 saturated heterocycles. The molecule has 1 aromatic rings. The molecule has 0 aromatic carbocycles. The molecular formula is C12H17N3O3S. The minimum absolute atomic E-state index is 0.128. The Kier molecular flexibility index (Phi) is 4.16. The zero-order valence-corrected chi connectivity index (χ0v) is 11.6. The maximum atomic E-state index is 11.8. The van der Waals surface area contributed by atoms with Gasteiger partial charge in [-0.2, -0.15) is 0 Å². The van der Waals surface area contributed by atoms with Crippen LogP contribution >= 0.6 is 0 Å². The molecule has 0 bridgehead atoms. The molecule has 1 aliphatic heterocycles. The standard InChI is InChI=1S/C12H17N3O3S/c1-10-2-3-13-11(8-10)14-12(16)9-15-4-6-19(17,18)7-5-15/h2-3,8H,4-7,9H2,1H3,(H,13,14,16). The third-order valence-electron chi connectivity index (χ3n) is 2.99. The van der Waals surface area contributed by atoms with Gasteiger partial charge in [-0.25, -0.2) is 13.4 Å². The third kappa shape index (κ3) is 4.29. The molecule has 0 radical (unpaired) electrons. The van der Waals surface area contributed by atoms with E-state index in [2.05, 4.69) is 10.3 Å². The predicted molar refractivity (Wildman–Crippen MR) is 72.7 cm³/mol. The highest BCUT2D eigenvalue weighted by Gasteiger charge is 2.22. The zero-order chi connectivity index (χ0) is 13.9. The quantitative estimate of drug-likeness (QED) is 0.848. The number of nitrogens with one attached hydrogen (secondary N) is 1. The second-order valence-corrected chi connectivity index (χ2v) is 7.00. The van der Waals surface area contributed by atoms with Crippen molar-refractivity contribution in [2.24, 2.45) is 0 Å². The fraction of sp³-hybridized carbons (Fsp3) is 0.500. The summed E-state index contributed by atoms with van der Waals surface area (Å²) >= 11 is 0. The highest BCUT2D eigenvalue weighted by molar-refractivity contribution is 7.91. The summed E-state index contributed by atoms with van der Waals surface area (Å²) in [5, 5.41) is 2.71. The SMILES string of the molecule is Cc1ccnc(NC(=O)CN2CCS(=O)(=O)CC2)c1. The zero-order valence-electron chi connectivity index (χ0n) is 10.8. The van der Waals surface area contributed by atoms with Crippen LogP contribution in [0.15, 0.2) is 18.3 Å². The molecule has 0 spiro atoms. The van der Waals surface area contributed by atoms with Crippen LogP contribution in [0.1, 0.15) is 5.56 Å². The molecule has 2 rings (SSSR count). The first-order valence-electron chi connectivity index (χ1n) is 6.10. The lowest BCUT2D eigenvalue weighted by Gasteiger charge is -2.25. The van der Waals surface area contributed by atoms with E-state index < -0.39 is 9.84 Å². The Morgan fingerprint density at radius 2 is 2.11 bits per heavy atom. The smallest absolute Gasteiger partial charge is 0.239 e. The summed E-state index contributed by atoms with van der Waals surface area (Å²) in [5.74, 6) is 0.610. The summed E-state index contributed by atoms with van der Waals surface area (Å²) in [5.41, 5.74) is 1.02. The van der Waals surface area contributed by atoms with Crippen LogP contribution in [0.2, 0.25) is 0 Å². The molecule has 104 valence electrons. The van der Waals surface area contributed by atoms with Gasteiger partial charge in [-0.3, -0.25) is 9.69 Å². The lowest BCUT2D eigenvalue weighted by molar-refractivity contribution is -0.117. The van der Waals surface area contributed by atoms with Crippen molar-refractivity contribution < 1.29 is 13.2 Å². The van der Waals surface area contributed by atoms with E-state index in [0.717, 1.165) is 5.56 Å². The van der Waals surface area contributed by atoms with E-state index in [4.69, 9.17) is 0 Å². The monoisotopic (exact) mass is 283 g/mol. The topological polar surface area (TPSA) is 79.4 Å².